The number of hydrogen-bond donors (Lipinski definition) is 2. The second-order valence-corrected chi connectivity index (χ2v) is 8.70. The summed E-state index contributed by atoms with van der Waals surface area (Å²) in [7, 11) is 0. The molecule has 1 aromatic carbocycles. The van der Waals surface area contributed by atoms with Gasteiger partial charge in [0.25, 0.3) is 0 Å². The highest BCUT2D eigenvalue weighted by Crippen LogP contribution is 2.43. The Morgan fingerprint density at radius 3 is 2.72 bits per heavy atom. The van der Waals surface area contributed by atoms with E-state index in [1.165, 1.54) is 0 Å². The van der Waals surface area contributed by atoms with Gasteiger partial charge in [0.1, 0.15) is 17.2 Å². The molecule has 1 saturated heterocycles. The molecular weight excluding hydrogens is 408 g/mol. The summed E-state index contributed by atoms with van der Waals surface area (Å²) in [5.74, 6) is 1.17. The molecule has 1 fully saturated rings. The number of hydrogen-bond acceptors (Lipinski definition) is 5. The van der Waals surface area contributed by atoms with E-state index in [9.17, 15) is 9.59 Å². The van der Waals surface area contributed by atoms with Crippen LogP contribution in [-0.2, 0) is 20.9 Å². The van der Waals surface area contributed by atoms with E-state index in [0.717, 1.165) is 42.8 Å². The van der Waals surface area contributed by atoms with Crippen LogP contribution in [0.2, 0.25) is 0 Å². The lowest BCUT2D eigenvalue weighted by molar-refractivity contribution is -0.126. The van der Waals surface area contributed by atoms with Crippen LogP contribution in [0.5, 0.6) is 5.75 Å². The van der Waals surface area contributed by atoms with Gasteiger partial charge in [-0.15, -0.1) is 0 Å². The lowest BCUT2D eigenvalue weighted by Gasteiger charge is -2.44. The zero-order valence-corrected chi connectivity index (χ0v) is 18.9. The summed E-state index contributed by atoms with van der Waals surface area (Å²) < 4.78 is 13.7. The highest BCUT2D eigenvalue weighted by Gasteiger charge is 2.42. The van der Waals surface area contributed by atoms with E-state index >= 15 is 0 Å². The lowest BCUT2D eigenvalue weighted by Crippen LogP contribution is -2.48. The maximum atomic E-state index is 12.7. The van der Waals surface area contributed by atoms with Gasteiger partial charge in [-0.3, -0.25) is 9.59 Å². The third-order valence-corrected chi connectivity index (χ3v) is 6.12. The van der Waals surface area contributed by atoms with Gasteiger partial charge < -0.3 is 20.1 Å². The first kappa shape index (κ1) is 22.3. The summed E-state index contributed by atoms with van der Waals surface area (Å²) in [6.07, 6.45) is 3.49. The molecule has 1 unspecified atom stereocenters. The fourth-order valence-electron chi connectivity index (χ4n) is 4.52. The largest absolute Gasteiger partial charge is 0.487 e. The number of para-hydroxylation sites is 1. The van der Waals surface area contributed by atoms with E-state index in [0.29, 0.717) is 25.5 Å². The molecule has 0 bridgehead atoms. The Labute approximate surface area is 188 Å². The molecule has 4 rings (SSSR count). The minimum atomic E-state index is -0.308. The van der Waals surface area contributed by atoms with Gasteiger partial charge in [-0.2, -0.15) is 5.10 Å². The Morgan fingerprint density at radius 2 is 1.94 bits per heavy atom. The summed E-state index contributed by atoms with van der Waals surface area (Å²) in [5, 5.41) is 10.4. The van der Waals surface area contributed by atoms with Crippen LogP contribution in [0.3, 0.4) is 0 Å². The molecule has 2 aliphatic heterocycles. The molecule has 0 saturated carbocycles. The monoisotopic (exact) mass is 440 g/mol. The number of anilines is 1. The number of ether oxygens (including phenoxy) is 2. The molecule has 2 amide bonds. The van der Waals surface area contributed by atoms with Crippen molar-refractivity contribution in [3.63, 3.8) is 0 Å². The molecule has 0 radical (unpaired) electrons. The van der Waals surface area contributed by atoms with Crippen molar-refractivity contribution in [3.05, 3.63) is 41.6 Å². The highest BCUT2D eigenvalue weighted by molar-refractivity contribution is 5.92. The molecule has 8 nitrogen and oxygen atoms in total. The Hall–Kier alpha value is -2.87. The van der Waals surface area contributed by atoms with Crippen molar-refractivity contribution in [2.24, 2.45) is 0 Å². The number of aromatic nitrogens is 2. The van der Waals surface area contributed by atoms with Crippen LogP contribution in [-0.4, -0.2) is 40.4 Å². The van der Waals surface area contributed by atoms with Gasteiger partial charge >= 0.3 is 0 Å². The first-order valence-corrected chi connectivity index (χ1v) is 11.5. The number of fused-ring (bicyclic) bond motifs is 1. The average Bonchev–Trinajstić information content (AvgIpc) is 3.11. The zero-order chi connectivity index (χ0) is 22.6. The van der Waals surface area contributed by atoms with E-state index in [1.807, 2.05) is 37.3 Å². The molecule has 172 valence electrons. The van der Waals surface area contributed by atoms with Gasteiger partial charge in [-0.05, 0) is 19.4 Å². The smallest absolute Gasteiger partial charge is 0.226 e. The van der Waals surface area contributed by atoms with Crippen LogP contribution in [0.1, 0.15) is 62.7 Å². The van der Waals surface area contributed by atoms with Crippen molar-refractivity contribution in [1.29, 1.82) is 0 Å². The van der Waals surface area contributed by atoms with Gasteiger partial charge in [0.2, 0.25) is 11.8 Å². The number of benzene rings is 1. The van der Waals surface area contributed by atoms with Crippen LogP contribution in [0.25, 0.3) is 0 Å². The fourth-order valence-corrected chi connectivity index (χ4v) is 4.52. The standard InChI is InChI=1S/C24H32N4O4/c1-3-12-28-21(15-17(2)27-28)26-23(30)9-8-22(29)25-19-16-24(10-13-31-14-11-24)32-20-7-5-4-6-18(19)20/h4-7,15,19H,3,8-14,16H2,1-2H3,(H,25,29)(H,26,30). The van der Waals surface area contributed by atoms with E-state index in [-0.39, 0.29) is 36.3 Å². The van der Waals surface area contributed by atoms with Crippen LogP contribution in [0.15, 0.2) is 30.3 Å². The molecule has 1 atom stereocenters. The first-order valence-electron chi connectivity index (χ1n) is 11.5. The number of rotatable bonds is 7. The molecule has 32 heavy (non-hydrogen) atoms. The van der Waals surface area contributed by atoms with Crippen molar-refractivity contribution in [3.8, 4) is 5.75 Å². The Kier molecular flexibility index (Phi) is 6.79. The van der Waals surface area contributed by atoms with E-state index in [2.05, 4.69) is 22.7 Å². The molecule has 3 heterocycles. The van der Waals surface area contributed by atoms with Crippen LogP contribution < -0.4 is 15.4 Å². The summed E-state index contributed by atoms with van der Waals surface area (Å²) in [6.45, 7) is 6.02. The topological polar surface area (TPSA) is 94.5 Å². The minimum Gasteiger partial charge on any atom is -0.487 e. The third kappa shape index (κ3) is 5.12. The summed E-state index contributed by atoms with van der Waals surface area (Å²) in [5.41, 5.74) is 1.53. The fraction of sp³-hybridized carbons (Fsp3) is 0.542. The zero-order valence-electron chi connectivity index (χ0n) is 18.9. The molecule has 2 N–H and O–H groups in total. The van der Waals surface area contributed by atoms with Gasteiger partial charge in [-0.25, -0.2) is 4.68 Å². The second kappa shape index (κ2) is 9.73. The van der Waals surface area contributed by atoms with Crippen molar-refractivity contribution in [1.82, 2.24) is 15.1 Å². The number of aryl methyl sites for hydroxylation is 2. The van der Waals surface area contributed by atoms with Crippen LogP contribution in [0.4, 0.5) is 5.82 Å². The number of nitrogens with one attached hydrogen (secondary N) is 2. The first-order chi connectivity index (χ1) is 15.5. The number of amides is 2. The predicted molar refractivity (Wildman–Crippen MR) is 120 cm³/mol. The number of carbonyl (C=O) groups excluding carboxylic acids is 2. The van der Waals surface area contributed by atoms with Gasteiger partial charge in [0.05, 0.1) is 24.9 Å². The number of carbonyl (C=O) groups is 2. The van der Waals surface area contributed by atoms with E-state index in [4.69, 9.17) is 9.47 Å². The molecule has 8 heteroatoms. The molecule has 1 aromatic heterocycles. The van der Waals surface area contributed by atoms with Crippen molar-refractivity contribution in [2.45, 2.75) is 70.6 Å². The molecule has 1 spiro atoms. The van der Waals surface area contributed by atoms with Gasteiger partial charge in [0.15, 0.2) is 0 Å². The van der Waals surface area contributed by atoms with Crippen LogP contribution in [0, 0.1) is 6.92 Å². The molecule has 0 aliphatic carbocycles. The van der Waals surface area contributed by atoms with E-state index in [1.54, 1.807) is 4.68 Å². The van der Waals surface area contributed by atoms with Crippen molar-refractivity contribution >= 4 is 17.6 Å². The lowest BCUT2D eigenvalue weighted by atomic mass is 9.82. The maximum absolute atomic E-state index is 12.7. The molecule has 2 aromatic rings. The van der Waals surface area contributed by atoms with Gasteiger partial charge in [-0.1, -0.05) is 25.1 Å². The molecular formula is C24H32N4O4. The van der Waals surface area contributed by atoms with Crippen LogP contribution >= 0.6 is 0 Å². The van der Waals surface area contributed by atoms with Crippen molar-refractivity contribution < 1.29 is 19.1 Å². The average molecular weight is 441 g/mol. The maximum Gasteiger partial charge on any atom is 0.226 e. The highest BCUT2D eigenvalue weighted by atomic mass is 16.5. The summed E-state index contributed by atoms with van der Waals surface area (Å²) in [6, 6.07) is 9.57. The quantitative estimate of drug-likeness (QED) is 0.687. The van der Waals surface area contributed by atoms with Gasteiger partial charge in [0, 0.05) is 50.3 Å². The summed E-state index contributed by atoms with van der Waals surface area (Å²) >= 11 is 0. The predicted octanol–water partition coefficient (Wildman–Crippen LogP) is 3.51. The third-order valence-electron chi connectivity index (χ3n) is 6.12. The summed E-state index contributed by atoms with van der Waals surface area (Å²) in [4.78, 5) is 25.2. The number of nitrogens with zero attached hydrogens (tertiary/aromatic N) is 2. The Bertz CT molecular complexity index is 965. The van der Waals surface area contributed by atoms with Crippen molar-refractivity contribution in [2.75, 3.05) is 18.5 Å². The van der Waals surface area contributed by atoms with E-state index < -0.39 is 0 Å². The SMILES string of the molecule is CCCn1nc(C)cc1NC(=O)CCC(=O)NC1CC2(CCOCC2)Oc2ccccc21. The minimum absolute atomic E-state index is 0.117. The molecule has 2 aliphatic rings. The second-order valence-electron chi connectivity index (χ2n) is 8.70. The Balaban J connectivity index is 1.35. The Morgan fingerprint density at radius 1 is 1.19 bits per heavy atom. The normalized spacial score (nSPS) is 19.1.